The molecule has 2 aliphatic rings. The first-order valence-corrected chi connectivity index (χ1v) is 11.8. The van der Waals surface area contributed by atoms with Crippen LogP contribution >= 0.6 is 0 Å². The van der Waals surface area contributed by atoms with Gasteiger partial charge in [0, 0.05) is 17.5 Å². The molecule has 33 heavy (non-hydrogen) atoms. The number of hydrogen-bond acceptors (Lipinski definition) is 5. The van der Waals surface area contributed by atoms with Gasteiger partial charge in [-0.2, -0.15) is 0 Å². The molecule has 0 bridgehead atoms. The van der Waals surface area contributed by atoms with Gasteiger partial charge >= 0.3 is 0 Å². The number of carbonyl (C=O) groups is 1. The minimum absolute atomic E-state index is 0.00266. The third-order valence-electron chi connectivity index (χ3n) is 6.76. The molecule has 1 amide bonds. The summed E-state index contributed by atoms with van der Waals surface area (Å²) in [5.74, 6) is 1.96. The number of phenolic OH excluding ortho intramolecular Hbond substituents is 1. The Bertz CT molecular complexity index is 1170. The molecular weight excluding hydrogens is 414 g/mol. The molecule has 3 aromatic rings. The van der Waals surface area contributed by atoms with Crippen molar-refractivity contribution >= 4 is 11.7 Å². The van der Waals surface area contributed by atoms with Crippen molar-refractivity contribution in [2.75, 3.05) is 12.4 Å². The van der Waals surface area contributed by atoms with Gasteiger partial charge in [-0.1, -0.05) is 19.3 Å². The third-order valence-corrected chi connectivity index (χ3v) is 6.76. The van der Waals surface area contributed by atoms with E-state index in [-0.39, 0.29) is 11.7 Å². The van der Waals surface area contributed by atoms with Gasteiger partial charge in [-0.3, -0.25) is 4.79 Å². The summed E-state index contributed by atoms with van der Waals surface area (Å²) in [4.78, 5) is 22.8. The van der Waals surface area contributed by atoms with Crippen LogP contribution in [0.4, 0.5) is 5.82 Å². The molecule has 170 valence electrons. The molecule has 0 saturated heterocycles. The number of ether oxygens (including phenoxy) is 1. The van der Waals surface area contributed by atoms with Crippen LogP contribution in [0.15, 0.2) is 42.5 Å². The van der Waals surface area contributed by atoms with Gasteiger partial charge in [-0.15, -0.1) is 0 Å². The molecular formula is C27H29N3O3. The van der Waals surface area contributed by atoms with E-state index >= 15 is 0 Å². The predicted molar refractivity (Wildman–Crippen MR) is 128 cm³/mol. The molecule has 6 heteroatoms. The lowest BCUT2D eigenvalue weighted by atomic mass is 9.87. The molecule has 1 aromatic heterocycles. The summed E-state index contributed by atoms with van der Waals surface area (Å²) in [6.07, 6.45) is 8.05. The lowest BCUT2D eigenvalue weighted by molar-refractivity contribution is -0.117. The van der Waals surface area contributed by atoms with Crippen LogP contribution in [-0.2, 0) is 17.6 Å². The minimum Gasteiger partial charge on any atom is -0.508 e. The summed E-state index contributed by atoms with van der Waals surface area (Å²) in [5.41, 5.74) is 5.38. The second kappa shape index (κ2) is 9.22. The second-order valence-electron chi connectivity index (χ2n) is 9.04. The maximum absolute atomic E-state index is 12.9. The Labute approximate surface area is 194 Å². The number of phenols is 1. The van der Waals surface area contributed by atoms with Gasteiger partial charge in [-0.25, -0.2) is 9.97 Å². The highest BCUT2D eigenvalue weighted by Gasteiger charge is 2.24. The molecule has 1 heterocycles. The van der Waals surface area contributed by atoms with Crippen molar-refractivity contribution in [3.63, 3.8) is 0 Å². The highest BCUT2D eigenvalue weighted by molar-refractivity contribution is 5.94. The highest BCUT2D eigenvalue weighted by Crippen LogP contribution is 2.37. The number of nitrogens with zero attached hydrogens (tertiary/aromatic N) is 2. The fourth-order valence-electron chi connectivity index (χ4n) is 4.99. The molecule has 5 rings (SSSR count). The largest absolute Gasteiger partial charge is 0.508 e. The van der Waals surface area contributed by atoms with Crippen LogP contribution in [0.3, 0.4) is 0 Å². The topological polar surface area (TPSA) is 84.3 Å². The Balaban J connectivity index is 1.52. The summed E-state index contributed by atoms with van der Waals surface area (Å²) >= 11 is 0. The van der Waals surface area contributed by atoms with Crippen molar-refractivity contribution in [2.45, 2.75) is 51.4 Å². The summed E-state index contributed by atoms with van der Waals surface area (Å²) in [7, 11) is 1.67. The van der Waals surface area contributed by atoms with Crippen LogP contribution in [-0.4, -0.2) is 28.1 Å². The fraction of sp³-hybridized carbons (Fsp3) is 0.370. The zero-order valence-electron chi connectivity index (χ0n) is 18.9. The van der Waals surface area contributed by atoms with E-state index in [2.05, 4.69) is 11.4 Å². The smallest absolute Gasteiger partial charge is 0.225 e. The number of hydrogen-bond donors (Lipinski definition) is 2. The van der Waals surface area contributed by atoms with E-state index in [9.17, 15) is 9.90 Å². The fourth-order valence-corrected chi connectivity index (χ4v) is 4.99. The Morgan fingerprint density at radius 1 is 1.03 bits per heavy atom. The number of fused-ring (bicyclic) bond motifs is 3. The number of aromatic nitrogens is 2. The first-order valence-electron chi connectivity index (χ1n) is 11.8. The Hall–Kier alpha value is -3.41. The zero-order chi connectivity index (χ0) is 22.8. The quantitative estimate of drug-likeness (QED) is 0.541. The van der Waals surface area contributed by atoms with Crippen molar-refractivity contribution in [1.82, 2.24) is 9.97 Å². The van der Waals surface area contributed by atoms with Crippen LogP contribution in [0.2, 0.25) is 0 Å². The maximum atomic E-state index is 12.9. The average Bonchev–Trinajstić information content (AvgIpc) is 2.84. The summed E-state index contributed by atoms with van der Waals surface area (Å²) < 4.78 is 5.39. The monoisotopic (exact) mass is 443 g/mol. The maximum Gasteiger partial charge on any atom is 0.225 e. The van der Waals surface area contributed by atoms with E-state index in [1.165, 1.54) is 24.8 Å². The number of benzene rings is 2. The standard InChI is InChI=1S/C27H29N3O3/c1-33-21-12-13-22-19(16-21)9-14-23-26(22)30-25(18-7-10-20(31)11-8-18)27(28-23)29-24(32)15-17-5-3-2-4-6-17/h7-8,10-13,16-17,31H,2-6,9,14-15H2,1H3,(H,28,29,32). The molecule has 0 spiro atoms. The Morgan fingerprint density at radius 3 is 2.58 bits per heavy atom. The molecule has 1 saturated carbocycles. The number of methoxy groups -OCH3 is 1. The van der Waals surface area contributed by atoms with E-state index in [1.54, 1.807) is 31.4 Å². The number of rotatable bonds is 5. The van der Waals surface area contributed by atoms with Gasteiger partial charge in [0.2, 0.25) is 5.91 Å². The van der Waals surface area contributed by atoms with Gasteiger partial charge in [-0.05, 0) is 79.6 Å². The van der Waals surface area contributed by atoms with E-state index in [0.717, 1.165) is 53.9 Å². The lowest BCUT2D eigenvalue weighted by Gasteiger charge is -2.23. The van der Waals surface area contributed by atoms with E-state index < -0.39 is 0 Å². The number of aromatic hydroxyl groups is 1. The van der Waals surface area contributed by atoms with Gasteiger partial charge < -0.3 is 15.2 Å². The molecule has 1 fully saturated rings. The Morgan fingerprint density at radius 2 is 1.82 bits per heavy atom. The molecule has 2 aromatic carbocycles. The van der Waals surface area contributed by atoms with E-state index in [1.807, 2.05) is 12.1 Å². The van der Waals surface area contributed by atoms with Crippen molar-refractivity contribution in [3.8, 4) is 34.0 Å². The van der Waals surface area contributed by atoms with E-state index in [0.29, 0.717) is 23.9 Å². The third kappa shape index (κ3) is 4.56. The van der Waals surface area contributed by atoms with Gasteiger partial charge in [0.05, 0.1) is 18.5 Å². The SMILES string of the molecule is COc1ccc2c(c1)CCc1nc(NC(=O)CC3CCCCC3)c(-c3ccc(O)cc3)nc1-2. The first-order chi connectivity index (χ1) is 16.1. The lowest BCUT2D eigenvalue weighted by Crippen LogP contribution is -2.20. The number of aryl methyl sites for hydroxylation is 2. The van der Waals surface area contributed by atoms with Gasteiger partial charge in [0.25, 0.3) is 0 Å². The average molecular weight is 444 g/mol. The van der Waals surface area contributed by atoms with Gasteiger partial charge in [0.1, 0.15) is 17.2 Å². The van der Waals surface area contributed by atoms with Crippen molar-refractivity contribution < 1.29 is 14.6 Å². The molecule has 0 radical (unpaired) electrons. The number of anilines is 1. The molecule has 6 nitrogen and oxygen atoms in total. The number of amides is 1. The van der Waals surface area contributed by atoms with Crippen LogP contribution in [0, 0.1) is 5.92 Å². The number of nitrogens with one attached hydrogen (secondary N) is 1. The van der Waals surface area contributed by atoms with Crippen molar-refractivity contribution in [2.24, 2.45) is 5.92 Å². The normalized spacial score (nSPS) is 15.4. The van der Waals surface area contributed by atoms with Gasteiger partial charge in [0.15, 0.2) is 5.82 Å². The van der Waals surface area contributed by atoms with Crippen LogP contribution in [0.5, 0.6) is 11.5 Å². The van der Waals surface area contributed by atoms with E-state index in [4.69, 9.17) is 14.7 Å². The van der Waals surface area contributed by atoms with Crippen molar-refractivity contribution in [1.29, 1.82) is 0 Å². The van der Waals surface area contributed by atoms with Crippen LogP contribution < -0.4 is 10.1 Å². The predicted octanol–water partition coefficient (Wildman–Crippen LogP) is 5.53. The van der Waals surface area contributed by atoms with Crippen LogP contribution in [0.1, 0.15) is 49.8 Å². The molecule has 0 aliphatic heterocycles. The van der Waals surface area contributed by atoms with Crippen molar-refractivity contribution in [3.05, 3.63) is 53.7 Å². The minimum atomic E-state index is -0.00266. The molecule has 2 aliphatic carbocycles. The highest BCUT2D eigenvalue weighted by atomic mass is 16.5. The summed E-state index contributed by atoms with van der Waals surface area (Å²) in [5, 5.41) is 12.8. The molecule has 0 atom stereocenters. The number of carbonyl (C=O) groups excluding carboxylic acids is 1. The molecule has 2 N–H and O–H groups in total. The second-order valence-corrected chi connectivity index (χ2v) is 9.04. The zero-order valence-corrected chi connectivity index (χ0v) is 18.9. The first kappa shape index (κ1) is 21.4. The van der Waals surface area contributed by atoms with Crippen LogP contribution in [0.25, 0.3) is 22.5 Å². The summed E-state index contributed by atoms with van der Waals surface area (Å²) in [6.45, 7) is 0. The molecule has 0 unspecified atom stereocenters. The summed E-state index contributed by atoms with van der Waals surface area (Å²) in [6, 6.07) is 12.9. The Kier molecular flexibility index (Phi) is 5.99.